The molecule has 114 valence electrons. The molecule has 1 nitrogen and oxygen atoms in total. The Morgan fingerprint density at radius 3 is 2.13 bits per heavy atom. The molecule has 0 spiro atoms. The van der Waals surface area contributed by atoms with E-state index in [9.17, 15) is 9.50 Å². The summed E-state index contributed by atoms with van der Waals surface area (Å²) in [5.74, 6) is -0.206. The fourth-order valence-electron chi connectivity index (χ4n) is 3.63. The van der Waals surface area contributed by atoms with E-state index in [-0.39, 0.29) is 17.0 Å². The molecule has 0 heterocycles. The molecule has 3 aromatic rings. The molecule has 4 rings (SSSR count). The summed E-state index contributed by atoms with van der Waals surface area (Å²) < 4.78 is 14.1. The molecule has 3 aromatic carbocycles. The van der Waals surface area contributed by atoms with Gasteiger partial charge in [-0.2, -0.15) is 0 Å². The number of fused-ring (bicyclic) bond motifs is 3. The van der Waals surface area contributed by atoms with Crippen molar-refractivity contribution in [3.05, 3.63) is 77.6 Å². The Morgan fingerprint density at radius 1 is 0.739 bits per heavy atom. The lowest BCUT2D eigenvalue weighted by atomic mass is 9.82. The van der Waals surface area contributed by atoms with Crippen LogP contribution in [0.4, 0.5) is 4.39 Å². The van der Waals surface area contributed by atoms with Crippen LogP contribution in [0.15, 0.2) is 60.7 Å². The van der Waals surface area contributed by atoms with Crippen molar-refractivity contribution in [1.82, 2.24) is 0 Å². The van der Waals surface area contributed by atoms with Crippen LogP contribution in [-0.4, -0.2) is 5.11 Å². The van der Waals surface area contributed by atoms with E-state index in [1.54, 1.807) is 24.3 Å². The molecule has 23 heavy (non-hydrogen) atoms. The standard InChI is InChI=1S/C21H17FO/c1-21(2)17-9-5-3-7-13(17)15-11-16(20(23)12-18(15)21)14-8-4-6-10-19(14)22/h3-12,23H,1-2H3. The molecule has 0 atom stereocenters. The first-order chi connectivity index (χ1) is 11.0. The fraction of sp³-hybridized carbons (Fsp3) is 0.143. The molecule has 0 amide bonds. The topological polar surface area (TPSA) is 20.2 Å². The van der Waals surface area contributed by atoms with Gasteiger partial charge in [-0.25, -0.2) is 4.39 Å². The second-order valence-electron chi connectivity index (χ2n) is 6.57. The second kappa shape index (κ2) is 4.69. The third-order valence-electron chi connectivity index (χ3n) is 4.86. The van der Waals surface area contributed by atoms with Crippen molar-refractivity contribution in [2.24, 2.45) is 0 Å². The van der Waals surface area contributed by atoms with E-state index in [4.69, 9.17) is 0 Å². The van der Waals surface area contributed by atoms with Crippen molar-refractivity contribution in [1.29, 1.82) is 0 Å². The van der Waals surface area contributed by atoms with Gasteiger partial charge in [-0.05, 0) is 40.5 Å². The first-order valence-electron chi connectivity index (χ1n) is 7.72. The zero-order valence-electron chi connectivity index (χ0n) is 13.1. The number of halogens is 1. The van der Waals surface area contributed by atoms with Gasteiger partial charge in [-0.1, -0.05) is 56.3 Å². The highest BCUT2D eigenvalue weighted by atomic mass is 19.1. The zero-order chi connectivity index (χ0) is 16.2. The van der Waals surface area contributed by atoms with Gasteiger partial charge < -0.3 is 5.11 Å². The Morgan fingerprint density at radius 2 is 1.39 bits per heavy atom. The number of phenols is 1. The normalized spacial score (nSPS) is 14.4. The SMILES string of the molecule is CC1(C)c2ccccc2-c2cc(-c3ccccc3F)c(O)cc21. The van der Waals surface area contributed by atoms with Gasteiger partial charge in [0.05, 0.1) is 0 Å². The summed E-state index contributed by atoms with van der Waals surface area (Å²) in [6, 6.07) is 18.5. The zero-order valence-corrected chi connectivity index (χ0v) is 13.1. The molecule has 0 aromatic heterocycles. The van der Waals surface area contributed by atoms with Gasteiger partial charge in [0.1, 0.15) is 11.6 Å². The predicted octanol–water partition coefficient (Wildman–Crippen LogP) is 5.50. The Kier molecular flexibility index (Phi) is 2.86. The Balaban J connectivity index is 2.02. The molecule has 2 heteroatoms. The molecule has 0 bridgehead atoms. The highest BCUT2D eigenvalue weighted by molar-refractivity contribution is 5.86. The average Bonchev–Trinajstić information content (AvgIpc) is 2.76. The fourth-order valence-corrected chi connectivity index (χ4v) is 3.63. The highest BCUT2D eigenvalue weighted by Gasteiger charge is 2.36. The quantitative estimate of drug-likeness (QED) is 0.629. The summed E-state index contributed by atoms with van der Waals surface area (Å²) in [5.41, 5.74) is 5.34. The monoisotopic (exact) mass is 304 g/mol. The number of rotatable bonds is 1. The minimum absolute atomic E-state index is 0.120. The Labute approximate surface area is 135 Å². The van der Waals surface area contributed by atoms with E-state index in [1.165, 1.54) is 11.6 Å². The first-order valence-corrected chi connectivity index (χ1v) is 7.72. The summed E-state index contributed by atoms with van der Waals surface area (Å²) in [7, 11) is 0. The van der Waals surface area contributed by atoms with Crippen LogP contribution in [0.1, 0.15) is 25.0 Å². The van der Waals surface area contributed by atoms with Gasteiger partial charge >= 0.3 is 0 Å². The van der Waals surface area contributed by atoms with Gasteiger partial charge in [0.15, 0.2) is 0 Å². The second-order valence-corrected chi connectivity index (χ2v) is 6.57. The lowest BCUT2D eigenvalue weighted by Gasteiger charge is -2.22. The maximum Gasteiger partial charge on any atom is 0.131 e. The molecule has 1 aliphatic rings. The van der Waals surface area contributed by atoms with Gasteiger partial charge in [-0.3, -0.25) is 0 Å². The van der Waals surface area contributed by atoms with Crippen molar-refractivity contribution in [3.63, 3.8) is 0 Å². The van der Waals surface area contributed by atoms with Crippen LogP contribution in [0.25, 0.3) is 22.3 Å². The summed E-state index contributed by atoms with van der Waals surface area (Å²) in [6.07, 6.45) is 0. The minimum atomic E-state index is -0.326. The first kappa shape index (κ1) is 14.0. The van der Waals surface area contributed by atoms with Crippen LogP contribution in [0.2, 0.25) is 0 Å². The molecule has 0 saturated heterocycles. The van der Waals surface area contributed by atoms with E-state index >= 15 is 0 Å². The Hall–Kier alpha value is -2.61. The minimum Gasteiger partial charge on any atom is -0.507 e. The highest BCUT2D eigenvalue weighted by Crippen LogP contribution is 2.51. The van der Waals surface area contributed by atoms with Crippen molar-refractivity contribution in [3.8, 4) is 28.0 Å². The largest absolute Gasteiger partial charge is 0.507 e. The lowest BCUT2D eigenvalue weighted by molar-refractivity contribution is 0.474. The van der Waals surface area contributed by atoms with E-state index in [1.807, 2.05) is 18.2 Å². The number of aromatic hydroxyl groups is 1. The van der Waals surface area contributed by atoms with E-state index in [0.717, 1.165) is 16.7 Å². The van der Waals surface area contributed by atoms with Crippen LogP contribution >= 0.6 is 0 Å². The lowest BCUT2D eigenvalue weighted by Crippen LogP contribution is -2.14. The molecule has 0 radical (unpaired) electrons. The summed E-state index contributed by atoms with van der Waals surface area (Å²) >= 11 is 0. The van der Waals surface area contributed by atoms with E-state index in [0.29, 0.717) is 11.1 Å². The van der Waals surface area contributed by atoms with Crippen molar-refractivity contribution >= 4 is 0 Å². The van der Waals surface area contributed by atoms with Gasteiger partial charge in [0.25, 0.3) is 0 Å². The third kappa shape index (κ3) is 1.91. The summed E-state index contributed by atoms with van der Waals surface area (Å²) in [6.45, 7) is 4.31. The summed E-state index contributed by atoms with van der Waals surface area (Å²) in [4.78, 5) is 0. The van der Waals surface area contributed by atoms with Crippen molar-refractivity contribution in [2.75, 3.05) is 0 Å². The van der Waals surface area contributed by atoms with Gasteiger partial charge in [-0.15, -0.1) is 0 Å². The van der Waals surface area contributed by atoms with Crippen molar-refractivity contribution < 1.29 is 9.50 Å². The molecular weight excluding hydrogens is 287 g/mol. The predicted molar refractivity (Wildman–Crippen MR) is 91.1 cm³/mol. The van der Waals surface area contributed by atoms with Crippen LogP contribution in [0, 0.1) is 5.82 Å². The maximum absolute atomic E-state index is 14.1. The molecule has 0 saturated carbocycles. The molecule has 1 N–H and O–H groups in total. The van der Waals surface area contributed by atoms with E-state index < -0.39 is 0 Å². The maximum atomic E-state index is 14.1. The van der Waals surface area contributed by atoms with Gasteiger partial charge in [0, 0.05) is 16.5 Å². The van der Waals surface area contributed by atoms with Crippen LogP contribution in [0.5, 0.6) is 5.75 Å². The van der Waals surface area contributed by atoms with Crippen molar-refractivity contribution in [2.45, 2.75) is 19.3 Å². The van der Waals surface area contributed by atoms with Crippen LogP contribution in [-0.2, 0) is 5.41 Å². The smallest absolute Gasteiger partial charge is 0.131 e. The molecule has 0 aliphatic heterocycles. The molecular formula is C21H17FO. The number of hydrogen-bond donors (Lipinski definition) is 1. The van der Waals surface area contributed by atoms with E-state index in [2.05, 4.69) is 26.0 Å². The molecule has 0 fully saturated rings. The average molecular weight is 304 g/mol. The third-order valence-corrected chi connectivity index (χ3v) is 4.86. The van der Waals surface area contributed by atoms with Crippen LogP contribution in [0.3, 0.4) is 0 Å². The molecule has 0 unspecified atom stereocenters. The summed E-state index contributed by atoms with van der Waals surface area (Å²) in [5, 5.41) is 10.5. The van der Waals surface area contributed by atoms with Gasteiger partial charge in [0.2, 0.25) is 0 Å². The number of hydrogen-bond acceptors (Lipinski definition) is 1. The van der Waals surface area contributed by atoms with Crippen LogP contribution < -0.4 is 0 Å². The number of benzene rings is 3. The molecule has 1 aliphatic carbocycles. The number of phenolic OH excluding ortho intramolecular Hbond substituents is 1. The Bertz CT molecular complexity index is 925.